The standard InChI is InChI=1S/C14H15NO3S2/c1-18-14(17)12-9-19-10-15(12)13(16)7-8-20-11-5-3-2-4-6-11/h2-8,12H,9-10H2,1H3/t12-/m0/s1. The number of carbonyl (C=O) groups excluding carboxylic acids is 2. The van der Waals surface area contributed by atoms with Gasteiger partial charge in [-0.05, 0) is 17.5 Å². The van der Waals surface area contributed by atoms with Crippen molar-refractivity contribution in [1.29, 1.82) is 0 Å². The Morgan fingerprint density at radius 2 is 2.15 bits per heavy atom. The SMILES string of the molecule is COC(=O)[C@@H]1CSCN1C(=O)C=CSc1ccccc1. The summed E-state index contributed by atoms with van der Waals surface area (Å²) in [5.41, 5.74) is 0. The lowest BCUT2D eigenvalue weighted by Crippen LogP contribution is -2.41. The quantitative estimate of drug-likeness (QED) is 0.485. The van der Waals surface area contributed by atoms with Gasteiger partial charge in [0.25, 0.3) is 0 Å². The predicted molar refractivity (Wildman–Crippen MR) is 81.4 cm³/mol. The van der Waals surface area contributed by atoms with Gasteiger partial charge in [0.15, 0.2) is 0 Å². The molecule has 1 heterocycles. The summed E-state index contributed by atoms with van der Waals surface area (Å²) < 4.78 is 4.71. The Morgan fingerprint density at radius 3 is 2.85 bits per heavy atom. The largest absolute Gasteiger partial charge is 0.467 e. The Labute approximate surface area is 126 Å². The van der Waals surface area contributed by atoms with Gasteiger partial charge in [-0.3, -0.25) is 4.79 Å². The summed E-state index contributed by atoms with van der Waals surface area (Å²) in [7, 11) is 1.34. The first kappa shape index (κ1) is 15.0. The first-order chi connectivity index (χ1) is 9.72. The Balaban J connectivity index is 1.92. The number of carbonyl (C=O) groups is 2. The molecule has 1 aromatic rings. The number of benzene rings is 1. The monoisotopic (exact) mass is 309 g/mol. The molecule has 0 radical (unpaired) electrons. The minimum atomic E-state index is -0.469. The Hall–Kier alpha value is -1.40. The van der Waals surface area contributed by atoms with Crippen molar-refractivity contribution in [2.45, 2.75) is 10.9 Å². The highest BCUT2D eigenvalue weighted by Gasteiger charge is 2.34. The fourth-order valence-electron chi connectivity index (χ4n) is 1.76. The zero-order valence-corrected chi connectivity index (χ0v) is 12.7. The molecular formula is C14H15NO3S2. The highest BCUT2D eigenvalue weighted by Crippen LogP contribution is 2.23. The second-order valence-electron chi connectivity index (χ2n) is 4.08. The normalized spacial score (nSPS) is 18.4. The molecule has 1 amide bonds. The zero-order chi connectivity index (χ0) is 14.4. The van der Waals surface area contributed by atoms with E-state index >= 15 is 0 Å². The molecule has 0 aliphatic carbocycles. The molecule has 1 saturated heterocycles. The van der Waals surface area contributed by atoms with E-state index in [9.17, 15) is 9.59 Å². The molecule has 1 fully saturated rings. The molecule has 1 aliphatic heterocycles. The molecular weight excluding hydrogens is 294 g/mol. The minimum Gasteiger partial charge on any atom is -0.467 e. The number of rotatable bonds is 4. The van der Waals surface area contributed by atoms with Crippen LogP contribution in [0.15, 0.2) is 46.7 Å². The van der Waals surface area contributed by atoms with Gasteiger partial charge < -0.3 is 9.64 Å². The zero-order valence-electron chi connectivity index (χ0n) is 11.0. The number of thioether (sulfide) groups is 2. The second-order valence-corrected chi connectivity index (χ2v) is 6.06. The number of amides is 1. The van der Waals surface area contributed by atoms with Crippen LogP contribution in [0.2, 0.25) is 0 Å². The van der Waals surface area contributed by atoms with E-state index < -0.39 is 6.04 Å². The minimum absolute atomic E-state index is 0.158. The molecule has 6 heteroatoms. The molecule has 1 atom stereocenters. The van der Waals surface area contributed by atoms with Gasteiger partial charge in [-0.15, -0.1) is 11.8 Å². The summed E-state index contributed by atoms with van der Waals surface area (Å²) in [6, 6.07) is 9.32. The highest BCUT2D eigenvalue weighted by atomic mass is 32.2. The first-order valence-corrected chi connectivity index (χ1v) is 8.10. The van der Waals surface area contributed by atoms with Crippen molar-refractivity contribution in [2.24, 2.45) is 0 Å². The van der Waals surface area contributed by atoms with Crippen LogP contribution < -0.4 is 0 Å². The van der Waals surface area contributed by atoms with Gasteiger partial charge >= 0.3 is 5.97 Å². The molecule has 0 bridgehead atoms. The van der Waals surface area contributed by atoms with Gasteiger partial charge in [-0.1, -0.05) is 30.0 Å². The number of hydrogen-bond acceptors (Lipinski definition) is 5. The van der Waals surface area contributed by atoms with Crippen LogP contribution in [0.3, 0.4) is 0 Å². The molecule has 106 valence electrons. The number of nitrogens with zero attached hydrogens (tertiary/aromatic N) is 1. The lowest BCUT2D eigenvalue weighted by atomic mass is 10.3. The van der Waals surface area contributed by atoms with Crippen molar-refractivity contribution >= 4 is 35.4 Å². The summed E-state index contributed by atoms with van der Waals surface area (Å²) in [6.07, 6.45) is 1.50. The van der Waals surface area contributed by atoms with Gasteiger partial charge in [-0.2, -0.15) is 0 Å². The van der Waals surface area contributed by atoms with Crippen molar-refractivity contribution in [2.75, 3.05) is 18.7 Å². The van der Waals surface area contributed by atoms with Crippen molar-refractivity contribution in [3.8, 4) is 0 Å². The lowest BCUT2D eigenvalue weighted by molar-refractivity contribution is -0.149. The van der Waals surface area contributed by atoms with E-state index in [4.69, 9.17) is 4.74 Å². The lowest BCUT2D eigenvalue weighted by Gasteiger charge is -2.19. The van der Waals surface area contributed by atoms with Gasteiger partial charge in [-0.25, -0.2) is 4.79 Å². The third kappa shape index (κ3) is 3.80. The molecule has 0 aromatic heterocycles. The maximum absolute atomic E-state index is 12.1. The van der Waals surface area contributed by atoms with Crippen molar-refractivity contribution < 1.29 is 14.3 Å². The molecule has 0 unspecified atom stereocenters. The summed E-state index contributed by atoms with van der Waals surface area (Å²) in [6.45, 7) is 0. The van der Waals surface area contributed by atoms with Gasteiger partial charge in [0.1, 0.15) is 6.04 Å². The molecule has 1 aliphatic rings. The fourth-order valence-corrected chi connectivity index (χ4v) is 3.56. The van der Waals surface area contributed by atoms with E-state index in [-0.39, 0.29) is 11.9 Å². The maximum atomic E-state index is 12.1. The van der Waals surface area contributed by atoms with Gasteiger partial charge in [0.2, 0.25) is 5.91 Å². The molecule has 0 N–H and O–H groups in total. The highest BCUT2D eigenvalue weighted by molar-refractivity contribution is 8.02. The van der Waals surface area contributed by atoms with E-state index in [1.165, 1.54) is 24.9 Å². The van der Waals surface area contributed by atoms with Crippen LogP contribution in [-0.4, -0.2) is 41.6 Å². The van der Waals surface area contributed by atoms with Crippen LogP contribution >= 0.6 is 23.5 Å². The number of ether oxygens (including phenoxy) is 1. The number of methoxy groups -OCH3 is 1. The Bertz CT molecular complexity index is 504. The van der Waals surface area contributed by atoms with E-state index in [2.05, 4.69) is 0 Å². The average molecular weight is 309 g/mol. The second kappa shape index (κ2) is 7.40. The molecule has 2 rings (SSSR count). The first-order valence-electron chi connectivity index (χ1n) is 6.07. The molecule has 4 nitrogen and oxygen atoms in total. The van der Waals surface area contributed by atoms with Crippen LogP contribution in [0.4, 0.5) is 0 Å². The van der Waals surface area contributed by atoms with Crippen molar-refractivity contribution in [3.05, 3.63) is 41.8 Å². The number of hydrogen-bond donors (Lipinski definition) is 0. The third-order valence-corrected chi connectivity index (χ3v) is 4.63. The maximum Gasteiger partial charge on any atom is 0.329 e. The summed E-state index contributed by atoms with van der Waals surface area (Å²) in [5.74, 6) is 0.609. The predicted octanol–water partition coefficient (Wildman–Crippen LogP) is 2.37. The van der Waals surface area contributed by atoms with Gasteiger partial charge in [0.05, 0.1) is 13.0 Å². The Kier molecular flexibility index (Phi) is 5.55. The van der Waals surface area contributed by atoms with E-state index in [1.807, 2.05) is 30.3 Å². The van der Waals surface area contributed by atoms with Crippen LogP contribution in [-0.2, 0) is 14.3 Å². The van der Waals surface area contributed by atoms with Crippen LogP contribution in [0.25, 0.3) is 0 Å². The van der Waals surface area contributed by atoms with E-state index in [0.29, 0.717) is 11.6 Å². The Morgan fingerprint density at radius 1 is 1.40 bits per heavy atom. The van der Waals surface area contributed by atoms with Crippen LogP contribution in [0, 0.1) is 0 Å². The van der Waals surface area contributed by atoms with E-state index in [0.717, 1.165) is 4.90 Å². The molecule has 1 aromatic carbocycles. The van der Waals surface area contributed by atoms with Gasteiger partial charge in [0, 0.05) is 16.7 Å². The van der Waals surface area contributed by atoms with Crippen molar-refractivity contribution in [3.63, 3.8) is 0 Å². The molecule has 0 spiro atoms. The van der Waals surface area contributed by atoms with Crippen molar-refractivity contribution in [1.82, 2.24) is 4.90 Å². The van der Waals surface area contributed by atoms with E-state index in [1.54, 1.807) is 22.1 Å². The summed E-state index contributed by atoms with van der Waals surface area (Å²) in [5, 5.41) is 1.75. The topological polar surface area (TPSA) is 46.6 Å². The van der Waals surface area contributed by atoms with Crippen LogP contribution in [0.1, 0.15) is 0 Å². The molecule has 20 heavy (non-hydrogen) atoms. The smallest absolute Gasteiger partial charge is 0.329 e. The molecule has 0 saturated carbocycles. The summed E-state index contributed by atoms with van der Waals surface area (Å²) in [4.78, 5) is 26.2. The number of esters is 1. The summed E-state index contributed by atoms with van der Waals surface area (Å²) >= 11 is 3.03. The third-order valence-electron chi connectivity index (χ3n) is 2.80. The van der Waals surface area contributed by atoms with Crippen LogP contribution in [0.5, 0.6) is 0 Å². The average Bonchev–Trinajstić information content (AvgIpc) is 2.97. The fraction of sp³-hybridized carbons (Fsp3) is 0.286.